The van der Waals surface area contributed by atoms with Crippen molar-refractivity contribution in [2.24, 2.45) is 5.29 Å². The van der Waals surface area contributed by atoms with Crippen LogP contribution in [0.4, 0.5) is 10.5 Å². The van der Waals surface area contributed by atoms with Gasteiger partial charge < -0.3 is 4.74 Å². The van der Waals surface area contributed by atoms with Crippen LogP contribution in [-0.2, 0) is 4.74 Å². The summed E-state index contributed by atoms with van der Waals surface area (Å²) in [6, 6.07) is 8.37. The van der Waals surface area contributed by atoms with Crippen molar-refractivity contribution < 1.29 is 9.53 Å². The molecule has 0 bridgehead atoms. The Morgan fingerprint density at radius 2 is 2.07 bits per heavy atom. The van der Waals surface area contributed by atoms with Crippen molar-refractivity contribution in [1.82, 2.24) is 0 Å². The lowest BCUT2D eigenvalue weighted by molar-refractivity contribution is 0.160. The zero-order valence-corrected chi connectivity index (χ0v) is 7.71. The summed E-state index contributed by atoms with van der Waals surface area (Å²) >= 11 is 0. The second-order valence-electron chi connectivity index (χ2n) is 2.43. The summed E-state index contributed by atoms with van der Waals surface area (Å²) in [7, 11) is 0. The number of ether oxygens (including phenoxy) is 1. The number of amides is 1. The van der Waals surface area contributed by atoms with Crippen molar-refractivity contribution in [3.05, 3.63) is 35.2 Å². The van der Waals surface area contributed by atoms with Crippen LogP contribution in [0.15, 0.2) is 35.6 Å². The lowest BCUT2D eigenvalue weighted by Crippen LogP contribution is -2.25. The van der Waals surface area contributed by atoms with Gasteiger partial charge in [-0.3, -0.25) is 0 Å². The highest BCUT2D eigenvalue weighted by atomic mass is 16.6. The minimum atomic E-state index is -0.770. The third-order valence-corrected chi connectivity index (χ3v) is 1.52. The molecule has 0 saturated heterocycles. The molecule has 1 rings (SSSR count). The van der Waals surface area contributed by atoms with Gasteiger partial charge in [0.05, 0.1) is 17.6 Å². The second kappa shape index (κ2) is 4.96. The average Bonchev–Trinajstić information content (AvgIpc) is 2.21. The molecule has 0 atom stereocenters. The molecule has 1 aromatic carbocycles. The Hall–Kier alpha value is -1.91. The number of para-hydroxylation sites is 1. The highest BCUT2D eigenvalue weighted by Gasteiger charge is 2.16. The van der Waals surface area contributed by atoms with Gasteiger partial charge in [-0.2, -0.15) is 0 Å². The van der Waals surface area contributed by atoms with E-state index >= 15 is 0 Å². The highest BCUT2D eigenvalue weighted by Crippen LogP contribution is 2.14. The van der Waals surface area contributed by atoms with Crippen molar-refractivity contribution in [2.75, 3.05) is 11.6 Å². The van der Waals surface area contributed by atoms with E-state index in [0.717, 1.165) is 0 Å². The quantitative estimate of drug-likeness (QED) is 0.548. The van der Waals surface area contributed by atoms with E-state index in [-0.39, 0.29) is 6.61 Å². The van der Waals surface area contributed by atoms with Crippen LogP contribution in [0.2, 0.25) is 0 Å². The van der Waals surface area contributed by atoms with E-state index in [1.54, 1.807) is 37.3 Å². The molecular weight excluding hydrogens is 184 g/mol. The summed E-state index contributed by atoms with van der Waals surface area (Å²) in [6.45, 7) is 1.86. The maximum Gasteiger partial charge on any atom is 0.437 e. The predicted octanol–water partition coefficient (Wildman–Crippen LogP) is 2.33. The van der Waals surface area contributed by atoms with Gasteiger partial charge in [0.1, 0.15) is 0 Å². The van der Waals surface area contributed by atoms with Crippen molar-refractivity contribution >= 4 is 11.8 Å². The summed E-state index contributed by atoms with van der Waals surface area (Å²) in [5.74, 6) is 0. The molecule has 14 heavy (non-hydrogen) atoms. The van der Waals surface area contributed by atoms with Crippen LogP contribution < -0.4 is 5.01 Å². The van der Waals surface area contributed by atoms with Crippen molar-refractivity contribution in [3.8, 4) is 0 Å². The number of carbonyl (C=O) groups is 1. The first-order valence-corrected chi connectivity index (χ1v) is 4.14. The van der Waals surface area contributed by atoms with Gasteiger partial charge in [0, 0.05) is 0 Å². The molecule has 0 N–H and O–H groups in total. The van der Waals surface area contributed by atoms with E-state index in [0.29, 0.717) is 10.7 Å². The van der Waals surface area contributed by atoms with Gasteiger partial charge in [-0.25, -0.2) is 4.79 Å². The van der Waals surface area contributed by atoms with E-state index in [2.05, 4.69) is 10.0 Å². The number of hydrogen-bond acceptors (Lipinski definition) is 4. The zero-order valence-electron chi connectivity index (χ0n) is 7.71. The molecular formula is C9H10N2O3. The van der Waals surface area contributed by atoms with E-state index in [9.17, 15) is 9.70 Å². The normalized spacial score (nSPS) is 9.21. The van der Waals surface area contributed by atoms with Gasteiger partial charge in [0.15, 0.2) is 0 Å². The molecule has 0 aliphatic heterocycles. The molecule has 5 heteroatoms. The molecule has 0 aliphatic rings. The van der Waals surface area contributed by atoms with Crippen LogP contribution >= 0.6 is 0 Å². The number of carbonyl (C=O) groups excluding carboxylic acids is 1. The number of anilines is 1. The Morgan fingerprint density at radius 3 is 2.57 bits per heavy atom. The maximum atomic E-state index is 11.2. The van der Waals surface area contributed by atoms with Crippen molar-refractivity contribution in [2.45, 2.75) is 6.92 Å². The number of rotatable bonds is 3. The fourth-order valence-electron chi connectivity index (χ4n) is 0.940. The average molecular weight is 194 g/mol. The SMILES string of the molecule is CCOC(=O)N(N=O)c1ccccc1. The second-order valence-corrected chi connectivity index (χ2v) is 2.43. The van der Waals surface area contributed by atoms with E-state index in [1.165, 1.54) is 0 Å². The molecule has 0 fully saturated rings. The van der Waals surface area contributed by atoms with Gasteiger partial charge in [0.2, 0.25) is 0 Å². The first-order chi connectivity index (χ1) is 6.79. The summed E-state index contributed by atoms with van der Waals surface area (Å²) in [5.41, 5.74) is 0.390. The molecule has 0 aliphatic carbocycles. The Morgan fingerprint density at radius 1 is 1.43 bits per heavy atom. The van der Waals surface area contributed by atoms with Crippen molar-refractivity contribution in [3.63, 3.8) is 0 Å². The van der Waals surface area contributed by atoms with Crippen molar-refractivity contribution in [1.29, 1.82) is 0 Å². The molecule has 1 aromatic rings. The molecule has 0 radical (unpaired) electrons. The van der Waals surface area contributed by atoms with Crippen LogP contribution in [-0.4, -0.2) is 12.7 Å². The van der Waals surface area contributed by atoms with Crippen LogP contribution in [0.3, 0.4) is 0 Å². The fourth-order valence-corrected chi connectivity index (χ4v) is 0.940. The van der Waals surface area contributed by atoms with Gasteiger partial charge >= 0.3 is 6.09 Å². The Balaban J connectivity index is 2.82. The monoisotopic (exact) mass is 194 g/mol. The van der Waals surface area contributed by atoms with Crippen LogP contribution in [0, 0.1) is 4.91 Å². The number of nitrogens with zero attached hydrogens (tertiary/aromatic N) is 2. The summed E-state index contributed by atoms with van der Waals surface area (Å²) in [6.07, 6.45) is -0.770. The smallest absolute Gasteiger partial charge is 0.437 e. The predicted molar refractivity (Wildman–Crippen MR) is 51.7 cm³/mol. The topological polar surface area (TPSA) is 59.0 Å². The van der Waals surface area contributed by atoms with Crippen LogP contribution in [0.5, 0.6) is 0 Å². The van der Waals surface area contributed by atoms with Crippen LogP contribution in [0.1, 0.15) is 6.92 Å². The van der Waals surface area contributed by atoms with Gasteiger partial charge in [-0.05, 0) is 19.1 Å². The third kappa shape index (κ3) is 2.29. The third-order valence-electron chi connectivity index (χ3n) is 1.52. The zero-order chi connectivity index (χ0) is 10.4. The lowest BCUT2D eigenvalue weighted by atomic mass is 10.3. The summed E-state index contributed by atoms with van der Waals surface area (Å²) < 4.78 is 4.64. The summed E-state index contributed by atoms with van der Waals surface area (Å²) in [4.78, 5) is 21.6. The van der Waals surface area contributed by atoms with Gasteiger partial charge in [0.25, 0.3) is 0 Å². The molecule has 1 amide bonds. The molecule has 0 heterocycles. The standard InChI is InChI=1S/C9H10N2O3/c1-2-14-9(12)11(10-13)8-6-4-3-5-7-8/h3-7H,2H2,1H3. The number of hydrogen-bond donors (Lipinski definition) is 0. The largest absolute Gasteiger partial charge is 0.448 e. The number of benzene rings is 1. The first kappa shape index (κ1) is 10.2. The molecule has 74 valence electrons. The van der Waals surface area contributed by atoms with Gasteiger partial charge in [-0.1, -0.05) is 18.2 Å². The Kier molecular flexibility index (Phi) is 3.60. The first-order valence-electron chi connectivity index (χ1n) is 4.14. The lowest BCUT2D eigenvalue weighted by Gasteiger charge is -2.11. The molecule has 0 unspecified atom stereocenters. The minimum absolute atomic E-state index is 0.206. The van der Waals surface area contributed by atoms with E-state index in [1.807, 2.05) is 0 Å². The van der Waals surface area contributed by atoms with E-state index < -0.39 is 6.09 Å². The molecule has 0 spiro atoms. The van der Waals surface area contributed by atoms with Gasteiger partial charge in [-0.15, -0.1) is 9.92 Å². The molecule has 0 aromatic heterocycles. The maximum absolute atomic E-state index is 11.2. The molecule has 5 nitrogen and oxygen atoms in total. The highest BCUT2D eigenvalue weighted by molar-refractivity contribution is 5.86. The summed E-state index contributed by atoms with van der Waals surface area (Å²) in [5, 5.41) is 3.26. The Bertz CT molecular complexity index is 313. The fraction of sp³-hybridized carbons (Fsp3) is 0.222. The van der Waals surface area contributed by atoms with E-state index in [4.69, 9.17) is 0 Å². The minimum Gasteiger partial charge on any atom is -0.448 e. The Labute approximate surface area is 81.2 Å². The van der Waals surface area contributed by atoms with Crippen LogP contribution in [0.25, 0.3) is 0 Å². The number of nitroso groups, excluding NO2 is 1. The molecule has 0 saturated carbocycles.